The van der Waals surface area contributed by atoms with Crippen molar-refractivity contribution in [2.45, 2.75) is 25.3 Å². The number of nitrogens with two attached hydrogens (primary N) is 1. The number of ether oxygens (including phenoxy) is 1. The van der Waals surface area contributed by atoms with Crippen molar-refractivity contribution in [1.29, 1.82) is 0 Å². The first-order valence-electron chi connectivity index (χ1n) is 8.79. The largest absolute Gasteiger partial charge is 0.495 e. The summed E-state index contributed by atoms with van der Waals surface area (Å²) in [6.07, 6.45) is 1.65. The van der Waals surface area contributed by atoms with Gasteiger partial charge in [0.15, 0.2) is 0 Å². The summed E-state index contributed by atoms with van der Waals surface area (Å²) < 4.78 is 5.30. The summed E-state index contributed by atoms with van der Waals surface area (Å²) in [7, 11) is 1.51. The third-order valence-corrected chi connectivity index (χ3v) is 4.11. The molecule has 27 heavy (non-hydrogen) atoms. The van der Waals surface area contributed by atoms with Crippen LogP contribution in [0.2, 0.25) is 0 Å². The number of hydrogen-bond donors (Lipinski definition) is 4. The fourth-order valence-electron chi connectivity index (χ4n) is 2.68. The van der Waals surface area contributed by atoms with Gasteiger partial charge in [-0.05, 0) is 49.1 Å². The van der Waals surface area contributed by atoms with E-state index in [-0.39, 0.29) is 0 Å². The van der Waals surface area contributed by atoms with Crippen LogP contribution in [0.4, 0.5) is 10.5 Å². The van der Waals surface area contributed by atoms with Gasteiger partial charge in [-0.1, -0.05) is 36.4 Å². The lowest BCUT2D eigenvalue weighted by Gasteiger charge is -2.17. The molecule has 0 fully saturated rings. The minimum absolute atomic E-state index is 0.321. The predicted molar refractivity (Wildman–Crippen MR) is 105 cm³/mol. The molecule has 0 aliphatic heterocycles. The fraction of sp³-hybridized carbons (Fsp3) is 0.300. The summed E-state index contributed by atoms with van der Waals surface area (Å²) in [5.41, 5.74) is 7.79. The Morgan fingerprint density at radius 3 is 2.48 bits per heavy atom. The molecule has 2 aromatic carbocycles. The number of urea groups is 1. The van der Waals surface area contributed by atoms with Crippen LogP contribution in [0.3, 0.4) is 0 Å². The highest BCUT2D eigenvalue weighted by molar-refractivity contribution is 5.94. The summed E-state index contributed by atoms with van der Waals surface area (Å²) in [5.74, 6) is -0.591. The Kier molecular flexibility index (Phi) is 7.63. The summed E-state index contributed by atoms with van der Waals surface area (Å²) in [6, 6.07) is 13.6. The van der Waals surface area contributed by atoms with E-state index in [1.54, 1.807) is 12.1 Å². The van der Waals surface area contributed by atoms with Crippen LogP contribution in [0, 0.1) is 0 Å². The number of rotatable bonds is 9. The summed E-state index contributed by atoms with van der Waals surface area (Å²) in [5, 5.41) is 14.5. The van der Waals surface area contributed by atoms with Crippen LogP contribution in [-0.2, 0) is 4.79 Å². The van der Waals surface area contributed by atoms with E-state index >= 15 is 0 Å². The van der Waals surface area contributed by atoms with Crippen molar-refractivity contribution in [2.24, 2.45) is 5.73 Å². The second-order valence-electron chi connectivity index (χ2n) is 6.05. The maximum Gasteiger partial charge on any atom is 0.326 e. The third-order valence-electron chi connectivity index (χ3n) is 4.11. The first kappa shape index (κ1) is 20.3. The molecule has 2 aromatic rings. The molecule has 0 saturated heterocycles. The maximum atomic E-state index is 12.3. The van der Waals surface area contributed by atoms with Crippen LogP contribution in [0.1, 0.15) is 19.3 Å². The molecule has 0 aliphatic rings. The van der Waals surface area contributed by atoms with Crippen molar-refractivity contribution in [3.05, 3.63) is 48.5 Å². The molecule has 1 atom stereocenters. The average molecular weight is 371 g/mol. The molecule has 0 saturated carbocycles. The molecular weight excluding hydrogens is 346 g/mol. The van der Waals surface area contributed by atoms with E-state index in [2.05, 4.69) is 10.6 Å². The summed E-state index contributed by atoms with van der Waals surface area (Å²) >= 11 is 0. The van der Waals surface area contributed by atoms with Crippen molar-refractivity contribution in [3.63, 3.8) is 0 Å². The van der Waals surface area contributed by atoms with Gasteiger partial charge in [0, 0.05) is 0 Å². The Morgan fingerprint density at radius 1 is 1.11 bits per heavy atom. The topological polar surface area (TPSA) is 114 Å². The van der Waals surface area contributed by atoms with E-state index < -0.39 is 18.0 Å². The molecular formula is C20H25N3O4. The number of carbonyl (C=O) groups is 2. The maximum absolute atomic E-state index is 12.3. The molecule has 2 amide bonds. The molecule has 0 heterocycles. The Morgan fingerprint density at radius 2 is 1.85 bits per heavy atom. The van der Waals surface area contributed by atoms with Crippen molar-refractivity contribution in [2.75, 3.05) is 19.0 Å². The van der Waals surface area contributed by atoms with Gasteiger partial charge in [-0.25, -0.2) is 9.59 Å². The monoisotopic (exact) mass is 371 g/mol. The first-order chi connectivity index (χ1) is 13.0. The SMILES string of the molecule is COc1ccc(-c2ccccc2)cc1NC(=O)NC(CCCCN)C(=O)O. The Hall–Kier alpha value is -3.06. The quantitative estimate of drug-likeness (QED) is 0.506. The van der Waals surface area contributed by atoms with Crippen LogP contribution in [-0.4, -0.2) is 36.8 Å². The van der Waals surface area contributed by atoms with Gasteiger partial charge in [0.1, 0.15) is 11.8 Å². The number of carboxylic acids is 1. The number of methoxy groups -OCH3 is 1. The standard InChI is InChI=1S/C20H25N3O4/c1-27-18-11-10-15(14-7-3-2-4-8-14)13-17(18)23-20(26)22-16(19(24)25)9-5-6-12-21/h2-4,7-8,10-11,13,16H,5-6,9,12,21H2,1H3,(H,24,25)(H2,22,23,26). The van der Waals surface area contributed by atoms with Gasteiger partial charge in [-0.15, -0.1) is 0 Å². The van der Waals surface area contributed by atoms with Gasteiger partial charge in [0.25, 0.3) is 0 Å². The highest BCUT2D eigenvalue weighted by atomic mass is 16.5. The summed E-state index contributed by atoms with van der Waals surface area (Å²) in [6.45, 7) is 0.488. The highest BCUT2D eigenvalue weighted by Gasteiger charge is 2.20. The molecule has 7 heteroatoms. The highest BCUT2D eigenvalue weighted by Crippen LogP contribution is 2.30. The number of carboxylic acid groups (broad SMARTS) is 1. The number of aliphatic carboxylic acids is 1. The van der Waals surface area contributed by atoms with Gasteiger partial charge in [-0.3, -0.25) is 0 Å². The lowest BCUT2D eigenvalue weighted by Crippen LogP contribution is -2.43. The van der Waals surface area contributed by atoms with E-state index in [1.165, 1.54) is 7.11 Å². The van der Waals surface area contributed by atoms with Crippen LogP contribution in [0.15, 0.2) is 48.5 Å². The van der Waals surface area contributed by atoms with Gasteiger partial charge in [-0.2, -0.15) is 0 Å². The zero-order valence-electron chi connectivity index (χ0n) is 15.3. The number of carbonyl (C=O) groups excluding carboxylic acids is 1. The smallest absolute Gasteiger partial charge is 0.326 e. The van der Waals surface area contributed by atoms with Gasteiger partial charge in [0.05, 0.1) is 12.8 Å². The second kappa shape index (κ2) is 10.2. The minimum atomic E-state index is -1.08. The second-order valence-corrected chi connectivity index (χ2v) is 6.05. The summed E-state index contributed by atoms with van der Waals surface area (Å²) in [4.78, 5) is 23.7. The predicted octanol–water partition coefficient (Wildman–Crippen LogP) is 3.07. The van der Waals surface area contributed by atoms with Crippen LogP contribution in [0.5, 0.6) is 5.75 Å². The zero-order chi connectivity index (χ0) is 19.6. The van der Waals surface area contributed by atoms with Crippen molar-refractivity contribution in [3.8, 4) is 16.9 Å². The number of anilines is 1. The molecule has 0 aromatic heterocycles. The number of unbranched alkanes of at least 4 members (excludes halogenated alkanes) is 1. The molecule has 144 valence electrons. The van der Waals surface area contributed by atoms with Crippen LogP contribution >= 0.6 is 0 Å². The van der Waals surface area contributed by atoms with Crippen molar-refractivity contribution in [1.82, 2.24) is 5.32 Å². The number of hydrogen-bond acceptors (Lipinski definition) is 4. The number of nitrogens with one attached hydrogen (secondary N) is 2. The molecule has 0 spiro atoms. The first-order valence-corrected chi connectivity index (χ1v) is 8.79. The van der Waals surface area contributed by atoms with E-state index in [0.29, 0.717) is 37.2 Å². The van der Waals surface area contributed by atoms with E-state index in [1.807, 2.05) is 36.4 Å². The Balaban J connectivity index is 2.12. The Labute approximate surface area is 158 Å². The van der Waals surface area contributed by atoms with E-state index in [4.69, 9.17) is 10.5 Å². The van der Waals surface area contributed by atoms with Crippen molar-refractivity contribution >= 4 is 17.7 Å². The zero-order valence-corrected chi connectivity index (χ0v) is 15.3. The number of benzene rings is 2. The minimum Gasteiger partial charge on any atom is -0.495 e. The molecule has 0 aliphatic carbocycles. The molecule has 0 radical (unpaired) electrons. The van der Waals surface area contributed by atoms with Gasteiger partial charge >= 0.3 is 12.0 Å². The lowest BCUT2D eigenvalue weighted by molar-refractivity contribution is -0.139. The van der Waals surface area contributed by atoms with E-state index in [9.17, 15) is 14.7 Å². The molecule has 0 bridgehead atoms. The van der Waals surface area contributed by atoms with Crippen LogP contribution in [0.25, 0.3) is 11.1 Å². The van der Waals surface area contributed by atoms with Gasteiger partial charge in [0.2, 0.25) is 0 Å². The number of amides is 2. The molecule has 7 nitrogen and oxygen atoms in total. The Bertz CT molecular complexity index is 765. The van der Waals surface area contributed by atoms with Crippen LogP contribution < -0.4 is 21.1 Å². The average Bonchev–Trinajstić information content (AvgIpc) is 2.68. The fourth-order valence-corrected chi connectivity index (χ4v) is 2.68. The van der Waals surface area contributed by atoms with Crippen molar-refractivity contribution < 1.29 is 19.4 Å². The van der Waals surface area contributed by atoms with E-state index in [0.717, 1.165) is 11.1 Å². The lowest BCUT2D eigenvalue weighted by atomic mass is 10.0. The molecule has 5 N–H and O–H groups in total. The molecule has 1 unspecified atom stereocenters. The van der Waals surface area contributed by atoms with Gasteiger partial charge < -0.3 is 26.2 Å². The normalized spacial score (nSPS) is 11.5. The third kappa shape index (κ3) is 6.00. The molecule has 2 rings (SSSR count).